The van der Waals surface area contributed by atoms with Gasteiger partial charge in [-0.3, -0.25) is 0 Å². The highest BCUT2D eigenvalue weighted by Gasteiger charge is 2.18. The van der Waals surface area contributed by atoms with Crippen molar-refractivity contribution in [1.82, 2.24) is 0 Å². The molecular weight excluding hydrogens is 266 g/mol. The molecule has 0 aliphatic rings. The highest BCUT2D eigenvalue weighted by atomic mass is 35.6. The van der Waals surface area contributed by atoms with Crippen molar-refractivity contribution in [3.63, 3.8) is 0 Å². The number of hydrogen-bond donors (Lipinski definition) is 0. The van der Waals surface area contributed by atoms with Crippen LogP contribution in [0.15, 0.2) is 0 Å². The van der Waals surface area contributed by atoms with E-state index in [0.717, 1.165) is 6.42 Å². The van der Waals surface area contributed by atoms with Crippen molar-refractivity contribution in [3.8, 4) is 0 Å². The first-order valence-electron chi connectivity index (χ1n) is 6.20. The number of halogens is 3. The van der Waals surface area contributed by atoms with E-state index >= 15 is 0 Å². The number of unbranched alkanes of at least 4 members (excludes halogenated alkanes) is 7. The Labute approximate surface area is 115 Å². The minimum absolute atomic E-state index is 0.189. The molecule has 1 nitrogen and oxygen atoms in total. The van der Waals surface area contributed by atoms with E-state index in [0.29, 0.717) is 6.61 Å². The largest absolute Gasteiger partial charge is 0.377 e. The quantitative estimate of drug-likeness (QED) is 0.380. The maximum absolute atomic E-state index is 5.55. The Morgan fingerprint density at radius 2 is 1.31 bits per heavy atom. The number of alkyl halides is 3. The molecule has 0 saturated heterocycles. The molecule has 0 bridgehead atoms. The van der Waals surface area contributed by atoms with E-state index in [-0.39, 0.29) is 6.61 Å². The van der Waals surface area contributed by atoms with Crippen LogP contribution in [0.4, 0.5) is 0 Å². The van der Waals surface area contributed by atoms with Crippen LogP contribution in [0.2, 0.25) is 0 Å². The van der Waals surface area contributed by atoms with E-state index in [9.17, 15) is 0 Å². The Hall–Kier alpha value is 0.830. The summed E-state index contributed by atoms with van der Waals surface area (Å²) >= 11 is 16.7. The lowest BCUT2D eigenvalue weighted by Crippen LogP contribution is -2.13. The van der Waals surface area contributed by atoms with Crippen molar-refractivity contribution in [3.05, 3.63) is 0 Å². The molecule has 0 unspecified atom stereocenters. The lowest BCUT2D eigenvalue weighted by atomic mass is 10.1. The van der Waals surface area contributed by atoms with Crippen molar-refractivity contribution in [2.75, 3.05) is 13.2 Å². The molecule has 0 fully saturated rings. The van der Waals surface area contributed by atoms with Gasteiger partial charge in [-0.15, -0.1) is 0 Å². The summed E-state index contributed by atoms with van der Waals surface area (Å²) in [6.07, 6.45) is 10.3. The summed E-state index contributed by atoms with van der Waals surface area (Å²) in [5, 5.41) is 0. The zero-order chi connectivity index (χ0) is 12.3. The Morgan fingerprint density at radius 1 is 0.812 bits per heavy atom. The molecule has 98 valence electrons. The topological polar surface area (TPSA) is 9.23 Å². The Bertz CT molecular complexity index is 146. The molecule has 0 atom stereocenters. The summed E-state index contributed by atoms with van der Waals surface area (Å²) in [7, 11) is 0. The summed E-state index contributed by atoms with van der Waals surface area (Å²) in [5.41, 5.74) is 0. The Kier molecular flexibility index (Phi) is 11.5. The van der Waals surface area contributed by atoms with Crippen LogP contribution in [0.1, 0.15) is 58.3 Å². The zero-order valence-corrected chi connectivity index (χ0v) is 12.4. The van der Waals surface area contributed by atoms with Crippen LogP contribution in [0.5, 0.6) is 0 Å². The maximum atomic E-state index is 5.55. The first-order chi connectivity index (χ1) is 7.56. The minimum atomic E-state index is -1.26. The van der Waals surface area contributed by atoms with Gasteiger partial charge in [0.1, 0.15) is 0 Å². The van der Waals surface area contributed by atoms with Crippen LogP contribution in [0.25, 0.3) is 0 Å². The fourth-order valence-electron chi connectivity index (χ4n) is 1.53. The van der Waals surface area contributed by atoms with E-state index in [2.05, 4.69) is 6.92 Å². The number of ether oxygens (including phenoxy) is 1. The summed E-state index contributed by atoms with van der Waals surface area (Å²) < 4.78 is 3.98. The monoisotopic (exact) mass is 288 g/mol. The molecular formula is C12H23Cl3O. The van der Waals surface area contributed by atoms with Crippen LogP contribution in [-0.4, -0.2) is 17.0 Å². The van der Waals surface area contributed by atoms with Crippen LogP contribution < -0.4 is 0 Å². The lowest BCUT2D eigenvalue weighted by molar-refractivity contribution is 0.134. The molecule has 0 aromatic heterocycles. The predicted octanol–water partition coefficient (Wildman–Crippen LogP) is 5.51. The average Bonchev–Trinajstić information content (AvgIpc) is 2.19. The first-order valence-corrected chi connectivity index (χ1v) is 7.34. The number of rotatable bonds is 10. The second-order valence-corrected chi connectivity index (χ2v) is 6.66. The summed E-state index contributed by atoms with van der Waals surface area (Å²) in [5.74, 6) is 0. The standard InChI is InChI=1S/C12H23Cl3O/c1-2-3-4-5-6-7-8-9-10-16-11-12(13,14)15/h2-11H2,1H3. The molecule has 0 amide bonds. The summed E-state index contributed by atoms with van der Waals surface area (Å²) in [4.78, 5) is 0. The van der Waals surface area contributed by atoms with Gasteiger partial charge in [-0.2, -0.15) is 0 Å². The van der Waals surface area contributed by atoms with E-state index < -0.39 is 3.79 Å². The molecule has 0 aromatic carbocycles. The molecule has 0 spiro atoms. The van der Waals surface area contributed by atoms with E-state index in [1.165, 1.54) is 44.9 Å². The molecule has 0 heterocycles. The molecule has 4 heteroatoms. The molecule has 0 aliphatic heterocycles. The maximum Gasteiger partial charge on any atom is 0.213 e. The van der Waals surface area contributed by atoms with Gasteiger partial charge in [0.25, 0.3) is 0 Å². The van der Waals surface area contributed by atoms with Gasteiger partial charge in [-0.25, -0.2) is 0 Å². The SMILES string of the molecule is CCCCCCCCCCOCC(Cl)(Cl)Cl. The lowest BCUT2D eigenvalue weighted by Gasteiger charge is -2.10. The van der Waals surface area contributed by atoms with Gasteiger partial charge in [0.05, 0.1) is 6.61 Å². The van der Waals surface area contributed by atoms with Gasteiger partial charge in [0, 0.05) is 6.61 Å². The van der Waals surface area contributed by atoms with E-state index in [1.54, 1.807) is 0 Å². The van der Waals surface area contributed by atoms with Gasteiger partial charge >= 0.3 is 0 Å². The Morgan fingerprint density at radius 3 is 1.81 bits per heavy atom. The summed E-state index contributed by atoms with van der Waals surface area (Å²) in [6, 6.07) is 0. The van der Waals surface area contributed by atoms with Crippen LogP contribution in [0, 0.1) is 0 Å². The fourth-order valence-corrected chi connectivity index (χ4v) is 1.76. The van der Waals surface area contributed by atoms with E-state index in [4.69, 9.17) is 39.5 Å². The van der Waals surface area contributed by atoms with Crippen LogP contribution in [0.3, 0.4) is 0 Å². The van der Waals surface area contributed by atoms with Crippen molar-refractivity contribution in [2.24, 2.45) is 0 Å². The van der Waals surface area contributed by atoms with Gasteiger partial charge < -0.3 is 4.74 Å². The van der Waals surface area contributed by atoms with Gasteiger partial charge in [-0.1, -0.05) is 86.7 Å². The molecule has 0 rings (SSSR count). The second kappa shape index (κ2) is 11.0. The highest BCUT2D eigenvalue weighted by Crippen LogP contribution is 2.25. The molecule has 0 radical (unpaired) electrons. The fraction of sp³-hybridized carbons (Fsp3) is 1.00. The van der Waals surface area contributed by atoms with Crippen molar-refractivity contribution in [1.29, 1.82) is 0 Å². The highest BCUT2D eigenvalue weighted by molar-refractivity contribution is 6.67. The number of hydrogen-bond acceptors (Lipinski definition) is 1. The van der Waals surface area contributed by atoms with Crippen LogP contribution in [-0.2, 0) is 4.74 Å². The summed E-state index contributed by atoms with van der Waals surface area (Å²) in [6.45, 7) is 3.12. The smallest absolute Gasteiger partial charge is 0.213 e. The third-order valence-corrected chi connectivity index (χ3v) is 2.74. The second-order valence-electron chi connectivity index (χ2n) is 4.14. The van der Waals surface area contributed by atoms with E-state index in [1.807, 2.05) is 0 Å². The first kappa shape index (κ1) is 16.8. The minimum Gasteiger partial charge on any atom is -0.377 e. The average molecular weight is 290 g/mol. The van der Waals surface area contributed by atoms with Crippen LogP contribution >= 0.6 is 34.8 Å². The van der Waals surface area contributed by atoms with Crippen molar-refractivity contribution >= 4 is 34.8 Å². The third kappa shape index (κ3) is 14.8. The molecule has 0 N–H and O–H groups in total. The predicted molar refractivity (Wildman–Crippen MR) is 73.7 cm³/mol. The molecule has 16 heavy (non-hydrogen) atoms. The van der Waals surface area contributed by atoms with Crippen molar-refractivity contribution in [2.45, 2.75) is 62.1 Å². The zero-order valence-electron chi connectivity index (χ0n) is 10.1. The van der Waals surface area contributed by atoms with Crippen molar-refractivity contribution < 1.29 is 4.74 Å². The molecule has 0 saturated carbocycles. The molecule has 0 aliphatic carbocycles. The normalized spacial score (nSPS) is 12.0. The third-order valence-electron chi connectivity index (χ3n) is 2.41. The van der Waals surface area contributed by atoms with Gasteiger partial charge in [-0.05, 0) is 6.42 Å². The molecule has 0 aromatic rings. The van der Waals surface area contributed by atoms with Gasteiger partial charge in [0.2, 0.25) is 3.79 Å². The Balaban J connectivity index is 2.99. The van der Waals surface area contributed by atoms with Gasteiger partial charge in [0.15, 0.2) is 0 Å².